The SMILES string of the molecule is CCCNC(C1=CCCC1)c1ccc(S(C)(=O)=O)cc1. The number of allylic oxidation sites excluding steroid dienone is 1. The van der Waals surface area contributed by atoms with Crippen LogP contribution in [0.15, 0.2) is 40.8 Å². The summed E-state index contributed by atoms with van der Waals surface area (Å²) in [5.41, 5.74) is 2.59. The molecule has 0 aliphatic heterocycles. The minimum Gasteiger partial charge on any atom is -0.307 e. The van der Waals surface area contributed by atoms with E-state index in [1.54, 1.807) is 12.1 Å². The van der Waals surface area contributed by atoms with Crippen molar-refractivity contribution in [3.8, 4) is 0 Å². The van der Waals surface area contributed by atoms with Gasteiger partial charge >= 0.3 is 0 Å². The summed E-state index contributed by atoms with van der Waals surface area (Å²) in [5.74, 6) is 0. The summed E-state index contributed by atoms with van der Waals surface area (Å²) >= 11 is 0. The van der Waals surface area contributed by atoms with E-state index in [0.717, 1.165) is 31.4 Å². The Bertz CT molecular complexity index is 573. The van der Waals surface area contributed by atoms with Gasteiger partial charge in [-0.3, -0.25) is 0 Å². The minimum atomic E-state index is -3.12. The van der Waals surface area contributed by atoms with Crippen molar-refractivity contribution in [1.82, 2.24) is 5.32 Å². The third kappa shape index (κ3) is 3.70. The standard InChI is InChI=1S/C16H23NO2S/c1-3-12-17-16(13-6-4-5-7-13)14-8-10-15(11-9-14)20(2,18)19/h6,8-11,16-17H,3-5,7,12H2,1-2H3. The molecular formula is C16H23NO2S. The fourth-order valence-electron chi connectivity index (χ4n) is 2.62. The molecule has 0 saturated carbocycles. The van der Waals surface area contributed by atoms with Crippen LogP contribution in [-0.4, -0.2) is 21.2 Å². The monoisotopic (exact) mass is 293 g/mol. The highest BCUT2D eigenvalue weighted by molar-refractivity contribution is 7.90. The topological polar surface area (TPSA) is 46.2 Å². The first-order valence-corrected chi connectivity index (χ1v) is 9.14. The molecule has 0 radical (unpaired) electrons. The minimum absolute atomic E-state index is 0.228. The van der Waals surface area contributed by atoms with Gasteiger partial charge in [0.05, 0.1) is 10.9 Å². The van der Waals surface area contributed by atoms with Crippen molar-refractivity contribution in [2.45, 2.75) is 43.5 Å². The van der Waals surface area contributed by atoms with Crippen LogP contribution < -0.4 is 5.32 Å². The summed E-state index contributed by atoms with van der Waals surface area (Å²) in [6, 6.07) is 7.51. The lowest BCUT2D eigenvalue weighted by Gasteiger charge is -2.21. The van der Waals surface area contributed by atoms with Crippen LogP contribution in [0.4, 0.5) is 0 Å². The molecule has 20 heavy (non-hydrogen) atoms. The zero-order valence-corrected chi connectivity index (χ0v) is 13.0. The summed E-state index contributed by atoms with van der Waals surface area (Å²) in [7, 11) is -3.12. The van der Waals surface area contributed by atoms with Crippen molar-refractivity contribution in [2.75, 3.05) is 12.8 Å². The van der Waals surface area contributed by atoms with Crippen molar-refractivity contribution in [2.24, 2.45) is 0 Å². The van der Waals surface area contributed by atoms with E-state index < -0.39 is 9.84 Å². The Kier molecular flexibility index (Phi) is 5.00. The van der Waals surface area contributed by atoms with Gasteiger partial charge in [-0.15, -0.1) is 0 Å². The maximum absolute atomic E-state index is 11.5. The van der Waals surface area contributed by atoms with Crippen molar-refractivity contribution in [3.05, 3.63) is 41.5 Å². The van der Waals surface area contributed by atoms with Gasteiger partial charge in [-0.05, 0) is 49.9 Å². The van der Waals surface area contributed by atoms with E-state index in [9.17, 15) is 8.42 Å². The summed E-state index contributed by atoms with van der Waals surface area (Å²) < 4.78 is 23.0. The Balaban J connectivity index is 2.24. The first-order chi connectivity index (χ1) is 9.52. The molecule has 1 aliphatic carbocycles. The van der Waals surface area contributed by atoms with Gasteiger partial charge < -0.3 is 5.32 Å². The van der Waals surface area contributed by atoms with E-state index in [1.807, 2.05) is 12.1 Å². The molecule has 0 bridgehead atoms. The molecule has 0 heterocycles. The first kappa shape index (κ1) is 15.3. The molecular weight excluding hydrogens is 270 g/mol. The second-order valence-electron chi connectivity index (χ2n) is 5.40. The summed E-state index contributed by atoms with van der Waals surface area (Å²) in [4.78, 5) is 0.385. The maximum Gasteiger partial charge on any atom is 0.175 e. The Hall–Kier alpha value is -1.13. The highest BCUT2D eigenvalue weighted by atomic mass is 32.2. The maximum atomic E-state index is 11.5. The molecule has 4 heteroatoms. The zero-order chi connectivity index (χ0) is 14.6. The van der Waals surface area contributed by atoms with Crippen LogP contribution in [0.3, 0.4) is 0 Å². The molecule has 1 atom stereocenters. The van der Waals surface area contributed by atoms with Crippen LogP contribution in [0.25, 0.3) is 0 Å². The number of benzene rings is 1. The van der Waals surface area contributed by atoms with E-state index in [-0.39, 0.29) is 6.04 Å². The van der Waals surface area contributed by atoms with E-state index in [2.05, 4.69) is 18.3 Å². The van der Waals surface area contributed by atoms with Crippen LogP contribution in [0.2, 0.25) is 0 Å². The Morgan fingerprint density at radius 1 is 1.25 bits per heavy atom. The van der Waals surface area contributed by atoms with Gasteiger partial charge in [0.25, 0.3) is 0 Å². The van der Waals surface area contributed by atoms with Gasteiger partial charge in [0.1, 0.15) is 0 Å². The molecule has 3 nitrogen and oxygen atoms in total. The highest BCUT2D eigenvalue weighted by Crippen LogP contribution is 2.31. The lowest BCUT2D eigenvalue weighted by atomic mass is 9.98. The van der Waals surface area contributed by atoms with Gasteiger partial charge in [0.2, 0.25) is 0 Å². The highest BCUT2D eigenvalue weighted by Gasteiger charge is 2.19. The molecule has 110 valence electrons. The number of hydrogen-bond donors (Lipinski definition) is 1. The molecule has 0 fully saturated rings. The molecule has 0 aromatic heterocycles. The number of nitrogens with one attached hydrogen (secondary N) is 1. The fourth-order valence-corrected chi connectivity index (χ4v) is 3.25. The largest absolute Gasteiger partial charge is 0.307 e. The van der Waals surface area contributed by atoms with Crippen LogP contribution >= 0.6 is 0 Å². The predicted octanol–water partition coefficient (Wildman–Crippen LogP) is 3.24. The average molecular weight is 293 g/mol. The van der Waals surface area contributed by atoms with Crippen LogP contribution in [-0.2, 0) is 9.84 Å². The summed E-state index contributed by atoms with van der Waals surface area (Å²) in [6.45, 7) is 3.12. The Morgan fingerprint density at radius 3 is 2.45 bits per heavy atom. The lowest BCUT2D eigenvalue weighted by molar-refractivity contribution is 0.578. The Labute approximate surface area is 122 Å². The van der Waals surface area contributed by atoms with Crippen LogP contribution in [0.1, 0.15) is 44.2 Å². The third-order valence-corrected chi connectivity index (χ3v) is 4.82. The zero-order valence-electron chi connectivity index (χ0n) is 12.2. The van der Waals surface area contributed by atoms with E-state index in [0.29, 0.717) is 4.90 Å². The summed E-state index contributed by atoms with van der Waals surface area (Å²) in [5, 5.41) is 3.57. The van der Waals surface area contributed by atoms with E-state index >= 15 is 0 Å². The first-order valence-electron chi connectivity index (χ1n) is 7.24. The second kappa shape index (κ2) is 6.55. The molecule has 0 amide bonds. The lowest BCUT2D eigenvalue weighted by Crippen LogP contribution is -2.23. The van der Waals surface area contributed by atoms with Crippen LogP contribution in [0, 0.1) is 0 Å². The molecule has 1 aliphatic rings. The van der Waals surface area contributed by atoms with E-state index in [1.165, 1.54) is 18.2 Å². The van der Waals surface area contributed by atoms with Crippen molar-refractivity contribution in [3.63, 3.8) is 0 Å². The Morgan fingerprint density at radius 2 is 1.95 bits per heavy atom. The molecule has 2 rings (SSSR count). The van der Waals surface area contributed by atoms with Gasteiger partial charge in [-0.2, -0.15) is 0 Å². The normalized spacial score (nSPS) is 17.0. The molecule has 1 unspecified atom stereocenters. The van der Waals surface area contributed by atoms with Crippen molar-refractivity contribution in [1.29, 1.82) is 0 Å². The van der Waals surface area contributed by atoms with Gasteiger partial charge in [0.15, 0.2) is 9.84 Å². The molecule has 1 N–H and O–H groups in total. The third-order valence-electron chi connectivity index (χ3n) is 3.69. The quantitative estimate of drug-likeness (QED) is 0.819. The average Bonchev–Trinajstić information content (AvgIpc) is 2.93. The van der Waals surface area contributed by atoms with Crippen molar-refractivity contribution < 1.29 is 8.42 Å². The van der Waals surface area contributed by atoms with Gasteiger partial charge in [0, 0.05) is 6.26 Å². The smallest absolute Gasteiger partial charge is 0.175 e. The fraction of sp³-hybridized carbons (Fsp3) is 0.500. The van der Waals surface area contributed by atoms with E-state index in [4.69, 9.17) is 0 Å². The predicted molar refractivity (Wildman–Crippen MR) is 82.5 cm³/mol. The molecule has 0 saturated heterocycles. The van der Waals surface area contributed by atoms with Crippen molar-refractivity contribution >= 4 is 9.84 Å². The second-order valence-corrected chi connectivity index (χ2v) is 7.42. The van der Waals surface area contributed by atoms with Gasteiger partial charge in [-0.1, -0.05) is 30.7 Å². The van der Waals surface area contributed by atoms with Gasteiger partial charge in [-0.25, -0.2) is 8.42 Å². The molecule has 0 spiro atoms. The molecule has 1 aromatic carbocycles. The number of hydrogen-bond acceptors (Lipinski definition) is 3. The molecule has 1 aromatic rings. The number of rotatable bonds is 6. The van der Waals surface area contributed by atoms with Crippen LogP contribution in [0.5, 0.6) is 0 Å². The number of sulfone groups is 1. The summed E-state index contributed by atoms with van der Waals surface area (Å²) in [6.07, 6.45) is 8.16.